The van der Waals surface area contributed by atoms with Gasteiger partial charge in [-0.1, -0.05) is 26.0 Å². The quantitative estimate of drug-likeness (QED) is 0.473. The Kier molecular flexibility index (Phi) is 5.90. The lowest BCUT2D eigenvalue weighted by atomic mass is 9.96. The zero-order valence-corrected chi connectivity index (χ0v) is 17.3. The number of anilines is 2. The predicted octanol–water partition coefficient (Wildman–Crippen LogP) is 4.25. The van der Waals surface area contributed by atoms with Crippen LogP contribution in [0.1, 0.15) is 30.0 Å². The van der Waals surface area contributed by atoms with Crippen LogP contribution in [0.2, 0.25) is 0 Å². The van der Waals surface area contributed by atoms with Crippen LogP contribution in [0.5, 0.6) is 5.75 Å². The van der Waals surface area contributed by atoms with Crippen LogP contribution in [-0.2, 0) is 4.74 Å². The molecule has 1 aromatic heterocycles. The average molecular weight is 425 g/mol. The van der Waals surface area contributed by atoms with E-state index in [0.29, 0.717) is 5.69 Å². The molecular formula is C23H24FN3O4. The summed E-state index contributed by atoms with van der Waals surface area (Å²) in [6.45, 7) is 4.77. The number of fused-ring (bicyclic) bond motifs is 1. The lowest BCUT2D eigenvalue weighted by molar-refractivity contribution is 0.0457. The van der Waals surface area contributed by atoms with Crippen molar-refractivity contribution in [3.63, 3.8) is 0 Å². The summed E-state index contributed by atoms with van der Waals surface area (Å²) in [6.07, 6.45) is 7.40. The summed E-state index contributed by atoms with van der Waals surface area (Å²) >= 11 is 0. The Morgan fingerprint density at radius 2 is 2.19 bits per heavy atom. The molecule has 0 bridgehead atoms. The molecule has 2 atom stereocenters. The van der Waals surface area contributed by atoms with Crippen LogP contribution in [0.4, 0.5) is 16.0 Å². The molecule has 0 amide bonds. The van der Waals surface area contributed by atoms with Crippen LogP contribution >= 0.6 is 0 Å². The van der Waals surface area contributed by atoms with Gasteiger partial charge in [0.1, 0.15) is 12.0 Å². The summed E-state index contributed by atoms with van der Waals surface area (Å²) in [7, 11) is 0. The average Bonchev–Trinajstić information content (AvgIpc) is 3.29. The standard InChI is InChI=1S/C23H24FN3O4/c1-13(2)12-30-23(29)19-20(28)18(10-14-11-26-21-17(14)4-3-9-25-21)31-22(19)27-16-7-5-15(24)6-8-16/h3-8,10-11,13,17,21,25,27-28H,9,12H2,1-2H3. The number of hydrogen-bond acceptors (Lipinski definition) is 7. The Labute approximate surface area is 179 Å². The topological polar surface area (TPSA) is 96.1 Å². The highest BCUT2D eigenvalue weighted by Crippen LogP contribution is 2.38. The van der Waals surface area contributed by atoms with Crippen LogP contribution in [-0.4, -0.2) is 36.6 Å². The molecule has 0 fully saturated rings. The number of ether oxygens (including phenoxy) is 1. The van der Waals surface area contributed by atoms with Gasteiger partial charge in [0.15, 0.2) is 17.1 Å². The van der Waals surface area contributed by atoms with E-state index < -0.39 is 5.97 Å². The first-order valence-electron chi connectivity index (χ1n) is 10.1. The Bertz CT molecular complexity index is 1050. The van der Waals surface area contributed by atoms with Gasteiger partial charge >= 0.3 is 5.97 Å². The summed E-state index contributed by atoms with van der Waals surface area (Å²) < 4.78 is 24.4. The van der Waals surface area contributed by atoms with Gasteiger partial charge in [0, 0.05) is 24.4 Å². The number of esters is 1. The van der Waals surface area contributed by atoms with Crippen molar-refractivity contribution in [3.8, 4) is 5.75 Å². The molecule has 0 saturated carbocycles. The Morgan fingerprint density at radius 3 is 2.94 bits per heavy atom. The summed E-state index contributed by atoms with van der Waals surface area (Å²) in [5, 5.41) is 17.0. The molecule has 0 spiro atoms. The van der Waals surface area contributed by atoms with Crippen molar-refractivity contribution in [2.75, 3.05) is 18.5 Å². The van der Waals surface area contributed by atoms with Crippen molar-refractivity contribution >= 4 is 29.8 Å². The zero-order valence-electron chi connectivity index (χ0n) is 17.3. The fourth-order valence-corrected chi connectivity index (χ4v) is 3.41. The van der Waals surface area contributed by atoms with Crippen molar-refractivity contribution < 1.29 is 23.4 Å². The van der Waals surface area contributed by atoms with Crippen LogP contribution in [0.3, 0.4) is 0 Å². The minimum absolute atomic E-state index is 0.0168. The van der Waals surface area contributed by atoms with Crippen molar-refractivity contribution in [2.24, 2.45) is 16.8 Å². The lowest BCUT2D eigenvalue weighted by Gasteiger charge is -2.20. The number of nitrogens with one attached hydrogen (secondary N) is 2. The molecule has 3 heterocycles. The van der Waals surface area contributed by atoms with Gasteiger partial charge in [0.05, 0.1) is 6.61 Å². The monoisotopic (exact) mass is 425 g/mol. The smallest absolute Gasteiger partial charge is 0.347 e. The summed E-state index contributed by atoms with van der Waals surface area (Å²) in [6, 6.07) is 5.57. The first kappa shape index (κ1) is 20.9. The van der Waals surface area contributed by atoms with Gasteiger partial charge in [0.2, 0.25) is 5.88 Å². The van der Waals surface area contributed by atoms with Gasteiger partial charge in [0.25, 0.3) is 0 Å². The van der Waals surface area contributed by atoms with Crippen molar-refractivity contribution in [1.82, 2.24) is 5.32 Å². The molecule has 162 valence electrons. The first-order chi connectivity index (χ1) is 14.9. The van der Waals surface area contributed by atoms with Gasteiger partial charge in [-0.3, -0.25) is 10.3 Å². The number of hydrogen-bond donors (Lipinski definition) is 3. The van der Waals surface area contributed by atoms with Crippen LogP contribution in [0.15, 0.2) is 51.4 Å². The molecule has 1 aromatic carbocycles. The minimum atomic E-state index is -0.707. The predicted molar refractivity (Wildman–Crippen MR) is 116 cm³/mol. The van der Waals surface area contributed by atoms with E-state index in [1.165, 1.54) is 24.3 Å². The Morgan fingerprint density at radius 1 is 1.42 bits per heavy atom. The summed E-state index contributed by atoms with van der Waals surface area (Å²) in [5.41, 5.74) is 1.22. The minimum Gasteiger partial charge on any atom is -0.504 e. The summed E-state index contributed by atoms with van der Waals surface area (Å²) in [5.74, 6) is -1.14. The number of rotatable bonds is 6. The fraction of sp³-hybridized carbons (Fsp3) is 0.304. The van der Waals surface area contributed by atoms with Gasteiger partial charge in [-0.15, -0.1) is 0 Å². The highest BCUT2D eigenvalue weighted by Gasteiger charge is 2.31. The number of aromatic hydroxyl groups is 1. The van der Waals surface area contributed by atoms with E-state index in [0.717, 1.165) is 12.1 Å². The maximum Gasteiger partial charge on any atom is 0.347 e. The maximum absolute atomic E-state index is 13.2. The molecule has 2 aromatic rings. The molecular weight excluding hydrogens is 401 g/mol. The highest BCUT2D eigenvalue weighted by molar-refractivity contribution is 6.00. The van der Waals surface area contributed by atoms with Gasteiger partial charge < -0.3 is 19.6 Å². The van der Waals surface area contributed by atoms with E-state index in [2.05, 4.69) is 21.7 Å². The molecule has 8 heteroatoms. The number of aliphatic imine (C=N–C) groups is 1. The van der Waals surface area contributed by atoms with Crippen LogP contribution in [0.25, 0.3) is 6.08 Å². The number of halogens is 1. The fourth-order valence-electron chi connectivity index (χ4n) is 3.41. The second-order valence-electron chi connectivity index (χ2n) is 7.87. The third-order valence-electron chi connectivity index (χ3n) is 4.96. The van der Waals surface area contributed by atoms with E-state index in [1.54, 1.807) is 12.3 Å². The lowest BCUT2D eigenvalue weighted by Crippen LogP contribution is -2.34. The number of carbonyl (C=O) groups excluding carboxylic acids is 1. The number of nitrogens with zero attached hydrogens (tertiary/aromatic N) is 1. The number of furan rings is 1. The molecule has 2 aliphatic heterocycles. The number of benzene rings is 1. The Hall–Kier alpha value is -3.39. The number of carbonyl (C=O) groups is 1. The van der Waals surface area contributed by atoms with Gasteiger partial charge in [-0.2, -0.15) is 0 Å². The molecule has 2 unspecified atom stereocenters. The third-order valence-corrected chi connectivity index (χ3v) is 4.96. The maximum atomic E-state index is 13.2. The van der Waals surface area contributed by atoms with Gasteiger partial charge in [-0.05, 0) is 41.8 Å². The largest absolute Gasteiger partial charge is 0.504 e. The summed E-state index contributed by atoms with van der Waals surface area (Å²) in [4.78, 5) is 17.1. The third kappa shape index (κ3) is 4.54. The van der Waals surface area contributed by atoms with E-state index >= 15 is 0 Å². The molecule has 0 aliphatic carbocycles. The highest BCUT2D eigenvalue weighted by atomic mass is 19.1. The zero-order chi connectivity index (χ0) is 22.0. The van der Waals surface area contributed by atoms with E-state index in [9.17, 15) is 14.3 Å². The van der Waals surface area contributed by atoms with Crippen LogP contribution in [0, 0.1) is 17.7 Å². The normalized spacial score (nSPS) is 21.0. The second-order valence-corrected chi connectivity index (χ2v) is 7.87. The second kappa shape index (κ2) is 8.77. The van der Waals surface area contributed by atoms with E-state index in [-0.39, 0.29) is 53.4 Å². The molecule has 2 aliphatic rings. The molecule has 0 radical (unpaired) electrons. The van der Waals surface area contributed by atoms with Crippen molar-refractivity contribution in [3.05, 3.63) is 59.1 Å². The first-order valence-corrected chi connectivity index (χ1v) is 10.1. The molecule has 31 heavy (non-hydrogen) atoms. The SMILES string of the molecule is CC(C)COC(=O)c1c(Nc2ccc(F)cc2)oc(C=C2C=NC3NCC=CC23)c1O. The van der Waals surface area contributed by atoms with Gasteiger partial charge in [-0.25, -0.2) is 9.18 Å². The molecule has 4 rings (SSSR count). The molecule has 7 nitrogen and oxygen atoms in total. The van der Waals surface area contributed by atoms with Crippen molar-refractivity contribution in [2.45, 2.75) is 20.0 Å². The molecule has 3 N–H and O–H groups in total. The molecule has 0 saturated heterocycles. The van der Waals surface area contributed by atoms with Crippen molar-refractivity contribution in [1.29, 1.82) is 0 Å². The van der Waals surface area contributed by atoms with Crippen LogP contribution < -0.4 is 10.6 Å². The van der Waals surface area contributed by atoms with E-state index in [4.69, 9.17) is 9.15 Å². The van der Waals surface area contributed by atoms with E-state index in [1.807, 2.05) is 19.9 Å². The Balaban J connectivity index is 1.69.